The summed E-state index contributed by atoms with van der Waals surface area (Å²) >= 11 is 5.89. The third-order valence-electron chi connectivity index (χ3n) is 3.65. The highest BCUT2D eigenvalue weighted by molar-refractivity contribution is 6.30. The van der Waals surface area contributed by atoms with Crippen LogP contribution in [-0.2, 0) is 0 Å². The fourth-order valence-electron chi connectivity index (χ4n) is 2.14. The van der Waals surface area contributed by atoms with Crippen molar-refractivity contribution in [3.8, 4) is 17.3 Å². The van der Waals surface area contributed by atoms with Crippen LogP contribution in [0.4, 0.5) is 5.69 Å². The van der Waals surface area contributed by atoms with Crippen molar-refractivity contribution in [3.05, 3.63) is 64.8 Å². The standard InChI is InChI=1S/C17H16ClN3O/c1-11-12(2)16(8-7-15(11)19)22-17-9-10-21(20-17)14-5-3-13(18)4-6-14/h3-10H,19H2,1-2H3. The van der Waals surface area contributed by atoms with Crippen molar-refractivity contribution in [2.24, 2.45) is 0 Å². The molecule has 0 aliphatic rings. The molecular weight excluding hydrogens is 298 g/mol. The lowest BCUT2D eigenvalue weighted by Gasteiger charge is -2.10. The zero-order valence-corrected chi connectivity index (χ0v) is 13.1. The lowest BCUT2D eigenvalue weighted by atomic mass is 10.1. The molecule has 0 aliphatic carbocycles. The molecule has 22 heavy (non-hydrogen) atoms. The average molecular weight is 314 g/mol. The summed E-state index contributed by atoms with van der Waals surface area (Å²) in [4.78, 5) is 0. The number of ether oxygens (including phenoxy) is 1. The summed E-state index contributed by atoms with van der Waals surface area (Å²) in [5.41, 5.74) is 9.61. The number of rotatable bonds is 3. The summed E-state index contributed by atoms with van der Waals surface area (Å²) in [5, 5.41) is 5.11. The van der Waals surface area contributed by atoms with Crippen molar-refractivity contribution >= 4 is 17.3 Å². The molecule has 3 aromatic rings. The van der Waals surface area contributed by atoms with Gasteiger partial charge in [0.15, 0.2) is 0 Å². The molecule has 3 rings (SSSR count). The van der Waals surface area contributed by atoms with E-state index in [1.165, 1.54) is 0 Å². The normalized spacial score (nSPS) is 10.7. The van der Waals surface area contributed by atoms with Gasteiger partial charge in [0, 0.05) is 23.0 Å². The van der Waals surface area contributed by atoms with Gasteiger partial charge in [-0.15, -0.1) is 5.10 Å². The first-order valence-corrected chi connectivity index (χ1v) is 7.27. The van der Waals surface area contributed by atoms with Crippen LogP contribution in [0.25, 0.3) is 5.69 Å². The van der Waals surface area contributed by atoms with Gasteiger partial charge in [0.1, 0.15) is 5.75 Å². The maximum Gasteiger partial charge on any atom is 0.238 e. The number of nitrogen functional groups attached to an aromatic ring is 1. The topological polar surface area (TPSA) is 53.1 Å². The Labute approximate surface area is 134 Å². The van der Waals surface area contributed by atoms with Crippen molar-refractivity contribution in [1.82, 2.24) is 9.78 Å². The van der Waals surface area contributed by atoms with Crippen molar-refractivity contribution < 1.29 is 4.74 Å². The smallest absolute Gasteiger partial charge is 0.238 e. The van der Waals surface area contributed by atoms with E-state index in [1.807, 2.05) is 62.5 Å². The predicted octanol–water partition coefficient (Wildman–Crippen LogP) is 4.52. The highest BCUT2D eigenvalue weighted by Gasteiger charge is 2.08. The molecule has 112 valence electrons. The minimum atomic E-state index is 0.530. The van der Waals surface area contributed by atoms with E-state index in [1.54, 1.807) is 4.68 Å². The molecule has 4 nitrogen and oxygen atoms in total. The molecule has 0 unspecified atom stereocenters. The van der Waals surface area contributed by atoms with Gasteiger partial charge in [0.05, 0.1) is 5.69 Å². The van der Waals surface area contributed by atoms with E-state index >= 15 is 0 Å². The van der Waals surface area contributed by atoms with Crippen LogP contribution in [0.15, 0.2) is 48.7 Å². The third-order valence-corrected chi connectivity index (χ3v) is 3.90. The van der Waals surface area contributed by atoms with Crippen LogP contribution in [0.3, 0.4) is 0 Å². The van der Waals surface area contributed by atoms with E-state index in [2.05, 4.69) is 5.10 Å². The minimum absolute atomic E-state index is 0.530. The largest absolute Gasteiger partial charge is 0.437 e. The molecule has 1 heterocycles. The fourth-order valence-corrected chi connectivity index (χ4v) is 2.27. The van der Waals surface area contributed by atoms with Gasteiger partial charge < -0.3 is 10.5 Å². The van der Waals surface area contributed by atoms with E-state index in [0.29, 0.717) is 10.9 Å². The molecule has 0 saturated carbocycles. The van der Waals surface area contributed by atoms with Gasteiger partial charge in [0.2, 0.25) is 5.88 Å². The van der Waals surface area contributed by atoms with E-state index in [-0.39, 0.29) is 0 Å². The van der Waals surface area contributed by atoms with Crippen molar-refractivity contribution in [2.75, 3.05) is 5.73 Å². The lowest BCUT2D eigenvalue weighted by molar-refractivity contribution is 0.454. The second-order valence-corrected chi connectivity index (χ2v) is 5.52. The molecule has 0 bridgehead atoms. The van der Waals surface area contributed by atoms with Crippen LogP contribution in [0, 0.1) is 13.8 Å². The Hall–Kier alpha value is -2.46. The first-order chi connectivity index (χ1) is 10.5. The van der Waals surface area contributed by atoms with E-state index < -0.39 is 0 Å². The summed E-state index contributed by atoms with van der Waals surface area (Å²) in [6.45, 7) is 3.96. The van der Waals surface area contributed by atoms with Gasteiger partial charge in [-0.25, -0.2) is 4.68 Å². The van der Waals surface area contributed by atoms with Gasteiger partial charge in [-0.05, 0) is 61.4 Å². The van der Waals surface area contributed by atoms with Crippen LogP contribution >= 0.6 is 11.6 Å². The minimum Gasteiger partial charge on any atom is -0.437 e. The second kappa shape index (κ2) is 5.73. The van der Waals surface area contributed by atoms with Gasteiger partial charge in [-0.1, -0.05) is 11.6 Å². The fraction of sp³-hybridized carbons (Fsp3) is 0.118. The van der Waals surface area contributed by atoms with Crippen LogP contribution in [0.5, 0.6) is 11.6 Å². The van der Waals surface area contributed by atoms with E-state index in [0.717, 1.165) is 28.3 Å². The Kier molecular flexibility index (Phi) is 3.77. The Bertz CT molecular complexity index is 809. The molecular formula is C17H16ClN3O. The number of aromatic nitrogens is 2. The monoisotopic (exact) mass is 313 g/mol. The molecule has 1 aromatic heterocycles. The number of anilines is 1. The van der Waals surface area contributed by atoms with Gasteiger partial charge in [-0.2, -0.15) is 0 Å². The maximum atomic E-state index is 5.89. The van der Waals surface area contributed by atoms with E-state index in [9.17, 15) is 0 Å². The Balaban J connectivity index is 1.86. The summed E-state index contributed by atoms with van der Waals surface area (Å²) in [7, 11) is 0. The number of nitrogens with two attached hydrogens (primary N) is 1. The van der Waals surface area contributed by atoms with Crippen molar-refractivity contribution in [3.63, 3.8) is 0 Å². The quantitative estimate of drug-likeness (QED) is 0.723. The maximum absolute atomic E-state index is 5.89. The number of hydrogen-bond acceptors (Lipinski definition) is 3. The highest BCUT2D eigenvalue weighted by atomic mass is 35.5. The highest BCUT2D eigenvalue weighted by Crippen LogP contribution is 2.29. The molecule has 2 N–H and O–H groups in total. The molecule has 0 aliphatic heterocycles. The average Bonchev–Trinajstić information content (AvgIpc) is 2.97. The SMILES string of the molecule is Cc1c(N)ccc(Oc2ccn(-c3ccc(Cl)cc3)n2)c1C. The van der Waals surface area contributed by atoms with Gasteiger partial charge in [0.25, 0.3) is 0 Å². The van der Waals surface area contributed by atoms with Crippen LogP contribution < -0.4 is 10.5 Å². The molecule has 5 heteroatoms. The first-order valence-electron chi connectivity index (χ1n) is 6.90. The molecule has 0 amide bonds. The van der Waals surface area contributed by atoms with Crippen molar-refractivity contribution in [2.45, 2.75) is 13.8 Å². The molecule has 2 aromatic carbocycles. The van der Waals surface area contributed by atoms with E-state index in [4.69, 9.17) is 22.1 Å². The Morgan fingerprint density at radius 1 is 1.00 bits per heavy atom. The molecule has 0 atom stereocenters. The van der Waals surface area contributed by atoms with Crippen LogP contribution in [0.1, 0.15) is 11.1 Å². The summed E-state index contributed by atoms with van der Waals surface area (Å²) in [6, 6.07) is 13.0. The summed E-state index contributed by atoms with van der Waals surface area (Å²) in [5.74, 6) is 1.29. The van der Waals surface area contributed by atoms with Gasteiger partial charge in [-0.3, -0.25) is 0 Å². The molecule has 0 saturated heterocycles. The van der Waals surface area contributed by atoms with Crippen molar-refractivity contribution in [1.29, 1.82) is 0 Å². The number of hydrogen-bond donors (Lipinski definition) is 1. The zero-order valence-electron chi connectivity index (χ0n) is 12.4. The zero-order chi connectivity index (χ0) is 15.7. The predicted molar refractivity (Wildman–Crippen MR) is 89.0 cm³/mol. The third kappa shape index (κ3) is 2.78. The summed E-state index contributed by atoms with van der Waals surface area (Å²) in [6.07, 6.45) is 1.85. The second-order valence-electron chi connectivity index (χ2n) is 5.08. The molecule has 0 fully saturated rings. The molecule has 0 spiro atoms. The molecule has 0 radical (unpaired) electrons. The number of benzene rings is 2. The first kappa shape index (κ1) is 14.5. The van der Waals surface area contributed by atoms with Gasteiger partial charge >= 0.3 is 0 Å². The lowest BCUT2D eigenvalue weighted by Crippen LogP contribution is -1.97. The Morgan fingerprint density at radius 3 is 2.45 bits per heavy atom. The number of halogens is 1. The Morgan fingerprint density at radius 2 is 1.73 bits per heavy atom. The summed E-state index contributed by atoms with van der Waals surface area (Å²) < 4.78 is 7.60. The van der Waals surface area contributed by atoms with Crippen LogP contribution in [-0.4, -0.2) is 9.78 Å². The number of nitrogens with zero attached hydrogens (tertiary/aromatic N) is 2. The van der Waals surface area contributed by atoms with Crippen LogP contribution in [0.2, 0.25) is 5.02 Å².